The molecule has 1 unspecified atom stereocenters. The van der Waals surface area contributed by atoms with Crippen LogP contribution < -0.4 is 84.3 Å². The van der Waals surface area contributed by atoms with Crippen LogP contribution in [0.1, 0.15) is 63.5 Å². The van der Waals surface area contributed by atoms with Gasteiger partial charge in [-0.2, -0.15) is 0 Å². The van der Waals surface area contributed by atoms with Crippen LogP contribution >= 0.6 is 0 Å². The van der Waals surface area contributed by atoms with Crippen molar-refractivity contribution in [3.05, 3.63) is 36.8 Å². The molecule has 3 amide bonds. The summed E-state index contributed by atoms with van der Waals surface area (Å²) in [6.07, 6.45) is 3.70. The van der Waals surface area contributed by atoms with Gasteiger partial charge in [0, 0.05) is 52.1 Å². The molecule has 2 N–H and O–H groups in total. The second kappa shape index (κ2) is 20.3. The van der Waals surface area contributed by atoms with E-state index in [1.54, 1.807) is 0 Å². The number of piperidine rings is 1. The van der Waals surface area contributed by atoms with Gasteiger partial charge in [0.05, 0.1) is 19.8 Å². The Hall–Kier alpha value is -0.598. The second-order valence-corrected chi connectivity index (χ2v) is 10.2. The molecule has 4 rings (SSSR count). The number of aryl methyl sites for hydroxylation is 1. The molecule has 0 aliphatic carbocycles. The van der Waals surface area contributed by atoms with Gasteiger partial charge in [-0.15, -0.1) is 0 Å². The molecular formula is C30H49CsN4O5. The quantitative estimate of drug-likeness (QED) is 0.441. The van der Waals surface area contributed by atoms with Crippen molar-refractivity contribution in [3.8, 4) is 5.75 Å². The van der Waals surface area contributed by atoms with Crippen molar-refractivity contribution >= 4 is 17.7 Å². The largest absolute Gasteiger partial charge is 1.00 e. The molecule has 4 bridgehead atoms. The number of nitrogens with one attached hydrogen (secondary N) is 2. The molecule has 220 valence electrons. The molecule has 0 spiro atoms. The summed E-state index contributed by atoms with van der Waals surface area (Å²) in [7, 11) is 0. The van der Waals surface area contributed by atoms with E-state index in [1.807, 2.05) is 43.9 Å². The van der Waals surface area contributed by atoms with Crippen LogP contribution in [0, 0.1) is 20.3 Å². The van der Waals surface area contributed by atoms with E-state index in [0.29, 0.717) is 51.8 Å². The van der Waals surface area contributed by atoms with Gasteiger partial charge in [0.1, 0.15) is 11.8 Å². The first-order valence-electron chi connectivity index (χ1n) is 14.3. The summed E-state index contributed by atoms with van der Waals surface area (Å²) in [4.78, 5) is 42.9. The van der Waals surface area contributed by atoms with Crippen molar-refractivity contribution in [3.63, 3.8) is 0 Å². The summed E-state index contributed by atoms with van der Waals surface area (Å²) < 4.78 is 11.5. The Morgan fingerprint density at radius 1 is 1.00 bits per heavy atom. The molecule has 10 heteroatoms. The van der Waals surface area contributed by atoms with Crippen LogP contribution in [0.25, 0.3) is 0 Å². The maximum Gasteiger partial charge on any atom is 1.00 e. The molecule has 0 aromatic heterocycles. The van der Waals surface area contributed by atoms with Crippen LogP contribution in [0.5, 0.6) is 5.75 Å². The Kier molecular flexibility index (Phi) is 19.0. The number of morpholine rings is 1. The van der Waals surface area contributed by atoms with E-state index in [1.165, 1.54) is 0 Å². The van der Waals surface area contributed by atoms with Gasteiger partial charge in [0.15, 0.2) is 0 Å². The normalized spacial score (nSPS) is 22.9. The van der Waals surface area contributed by atoms with E-state index in [9.17, 15) is 14.4 Å². The third-order valence-corrected chi connectivity index (χ3v) is 7.50. The predicted molar refractivity (Wildman–Crippen MR) is 153 cm³/mol. The summed E-state index contributed by atoms with van der Waals surface area (Å²) in [6, 6.07) is 5.29. The second-order valence-electron chi connectivity index (χ2n) is 10.2. The van der Waals surface area contributed by atoms with Gasteiger partial charge in [0.2, 0.25) is 17.7 Å². The van der Waals surface area contributed by atoms with Gasteiger partial charge in [-0.3, -0.25) is 19.3 Å². The van der Waals surface area contributed by atoms with Gasteiger partial charge in [-0.1, -0.05) is 19.9 Å². The number of benzene rings is 1. The smallest absolute Gasteiger partial charge is 0.494 e. The van der Waals surface area contributed by atoms with Crippen LogP contribution in [-0.4, -0.2) is 86.1 Å². The van der Waals surface area contributed by atoms with Crippen molar-refractivity contribution in [2.45, 2.75) is 71.9 Å². The summed E-state index contributed by atoms with van der Waals surface area (Å²) in [5.41, 5.74) is 2.07. The van der Waals surface area contributed by atoms with Gasteiger partial charge in [-0.25, -0.2) is 0 Å². The third kappa shape index (κ3) is 12.3. The van der Waals surface area contributed by atoms with Crippen molar-refractivity contribution < 1.29 is 92.8 Å². The maximum absolute atomic E-state index is 13.2. The number of carbonyl (C=O) groups is 3. The zero-order valence-corrected chi connectivity index (χ0v) is 31.7. The first-order valence-corrected chi connectivity index (χ1v) is 14.3. The number of nitrogens with zero attached hydrogens (tertiary/aromatic N) is 2. The Morgan fingerprint density at radius 2 is 1.75 bits per heavy atom. The molecule has 0 saturated carbocycles. The molecule has 3 aliphatic rings. The Bertz CT molecular complexity index is 925. The van der Waals surface area contributed by atoms with E-state index in [4.69, 9.17) is 9.47 Å². The van der Waals surface area contributed by atoms with E-state index < -0.39 is 6.04 Å². The first-order chi connectivity index (χ1) is 18.5. The molecule has 1 aromatic rings. The number of hydrogen-bond donors (Lipinski definition) is 2. The molecule has 1 aromatic carbocycles. The van der Waals surface area contributed by atoms with Crippen molar-refractivity contribution in [2.75, 3.05) is 52.5 Å². The van der Waals surface area contributed by atoms with Crippen LogP contribution in [0.2, 0.25) is 0 Å². The zero-order valence-electron chi connectivity index (χ0n) is 25.4. The summed E-state index contributed by atoms with van der Waals surface area (Å²) >= 11 is 0. The molecule has 3 aliphatic heterocycles. The van der Waals surface area contributed by atoms with Crippen LogP contribution in [-0.2, 0) is 25.7 Å². The molecule has 9 nitrogen and oxygen atoms in total. The van der Waals surface area contributed by atoms with E-state index in [0.717, 1.165) is 55.8 Å². The van der Waals surface area contributed by atoms with Crippen LogP contribution in [0.3, 0.4) is 0 Å². The number of ether oxygens (including phenoxy) is 2. The average Bonchev–Trinajstić information content (AvgIpc) is 2.95. The molecule has 0 radical (unpaired) electrons. The average molecular weight is 679 g/mol. The summed E-state index contributed by atoms with van der Waals surface area (Å²) in [6.45, 7) is 12.1. The molecular weight excluding hydrogens is 629 g/mol. The van der Waals surface area contributed by atoms with Gasteiger partial charge < -0.3 is 32.4 Å². The minimum atomic E-state index is -0.659. The number of hydrogen-bond acceptors (Lipinski definition) is 6. The van der Waals surface area contributed by atoms with Crippen LogP contribution in [0.4, 0.5) is 0 Å². The minimum absolute atomic E-state index is 0. The first kappa shape index (κ1) is 37.4. The fraction of sp³-hybridized carbons (Fsp3) is 0.667. The van der Waals surface area contributed by atoms with Crippen LogP contribution in [0.15, 0.2) is 18.2 Å². The SMILES string of the molecule is CC.Cc1ccc2cc1CNC(=O)[C@H](CCN1CCOCC1)NC(=O)CCC(=O)N1CCCC(CCO2)C1.[CH3-].[Cs+]. The Morgan fingerprint density at radius 3 is 2.50 bits per heavy atom. The maximum atomic E-state index is 13.2. The number of carbonyl (C=O) groups excluding carboxylic acids is 3. The van der Waals surface area contributed by atoms with Gasteiger partial charge in [0.25, 0.3) is 0 Å². The third-order valence-electron chi connectivity index (χ3n) is 7.50. The topological polar surface area (TPSA) is 100 Å². The molecule has 2 saturated heterocycles. The van der Waals surface area contributed by atoms with E-state index in [-0.39, 0.29) is 107 Å². The van der Waals surface area contributed by atoms with Crippen molar-refractivity contribution in [1.82, 2.24) is 20.4 Å². The number of amides is 3. The fourth-order valence-electron chi connectivity index (χ4n) is 5.15. The Labute approximate surface area is 300 Å². The Balaban J connectivity index is 0.00000196. The van der Waals surface area contributed by atoms with Gasteiger partial charge in [-0.05, 0) is 61.8 Å². The fourth-order valence-corrected chi connectivity index (χ4v) is 5.15. The predicted octanol–water partition coefficient (Wildman–Crippen LogP) is 0.100. The summed E-state index contributed by atoms with van der Waals surface area (Å²) in [5, 5.41) is 5.91. The monoisotopic (exact) mass is 678 g/mol. The van der Waals surface area contributed by atoms with Crippen molar-refractivity contribution in [2.24, 2.45) is 5.92 Å². The zero-order chi connectivity index (χ0) is 27.3. The minimum Gasteiger partial charge on any atom is -0.494 e. The van der Waals surface area contributed by atoms with Gasteiger partial charge >= 0.3 is 68.9 Å². The molecule has 2 atom stereocenters. The van der Waals surface area contributed by atoms with E-state index in [2.05, 4.69) is 15.5 Å². The number of fused-ring (bicyclic) bond motifs is 4. The van der Waals surface area contributed by atoms with E-state index >= 15 is 0 Å². The summed E-state index contributed by atoms with van der Waals surface area (Å²) in [5.74, 6) is 0.728. The molecule has 2 fully saturated rings. The molecule has 40 heavy (non-hydrogen) atoms. The standard InChI is InChI=1S/C27H40N4O5.C2H6.CH3.Cs/c1-20-4-5-23-17-22(20)18-28-27(34)24(8-11-30-12-15-35-16-13-30)29-25(32)6-7-26(33)31-10-2-3-21(19-31)9-14-36-23;1-2;;/h4-5,17,21,24H,2-3,6-16,18-19H2,1H3,(H,28,34)(H,29,32);1-2H3;1H3;/q;;-1;+1/t21?,24-;;;/m0.../s1. The molecule has 3 heterocycles. The van der Waals surface area contributed by atoms with Crippen molar-refractivity contribution in [1.29, 1.82) is 0 Å². The number of rotatable bonds is 3.